The molecule has 0 heterocycles. The molecule has 1 atom stereocenters. The molecule has 1 unspecified atom stereocenters. The topological polar surface area (TPSA) is 78.9 Å². The van der Waals surface area contributed by atoms with E-state index in [0.29, 0.717) is 19.3 Å². The van der Waals surface area contributed by atoms with Gasteiger partial charge in [0.25, 0.3) is 0 Å². The maximum Gasteiger partial charge on any atom is 0.306 e. The van der Waals surface area contributed by atoms with Gasteiger partial charge in [-0.05, 0) is 122 Å². The second-order valence-electron chi connectivity index (χ2n) is 17.4. The lowest BCUT2D eigenvalue weighted by Crippen LogP contribution is -2.30. The summed E-state index contributed by atoms with van der Waals surface area (Å²) in [5, 5.41) is 0. The van der Waals surface area contributed by atoms with E-state index >= 15 is 0 Å². The van der Waals surface area contributed by atoms with Gasteiger partial charge in [0.2, 0.25) is 0 Å². The van der Waals surface area contributed by atoms with Crippen LogP contribution in [0.15, 0.2) is 97.2 Å². The van der Waals surface area contributed by atoms with E-state index in [2.05, 4.69) is 118 Å². The van der Waals surface area contributed by atoms with E-state index in [-0.39, 0.29) is 31.1 Å². The van der Waals surface area contributed by atoms with Crippen LogP contribution in [0.4, 0.5) is 0 Å². The Labute approximate surface area is 400 Å². The highest BCUT2D eigenvalue weighted by atomic mass is 16.6. The first-order valence-electron chi connectivity index (χ1n) is 26.7. The number of hydrogen-bond acceptors (Lipinski definition) is 6. The Hall–Kier alpha value is -3.67. The summed E-state index contributed by atoms with van der Waals surface area (Å²) in [6.45, 7) is 6.43. The number of unbranched alkanes of at least 4 members (excludes halogenated alkanes) is 20. The Kier molecular flexibility index (Phi) is 50.0. The first-order chi connectivity index (χ1) is 32.0. The number of esters is 3. The highest BCUT2D eigenvalue weighted by Crippen LogP contribution is 2.13. The van der Waals surface area contributed by atoms with Crippen molar-refractivity contribution in [3.8, 4) is 0 Å². The molecule has 0 aliphatic rings. The average Bonchev–Trinajstić information content (AvgIpc) is 3.30. The molecule has 6 nitrogen and oxygen atoms in total. The van der Waals surface area contributed by atoms with Crippen LogP contribution in [0.25, 0.3) is 0 Å². The van der Waals surface area contributed by atoms with Crippen molar-refractivity contribution in [1.29, 1.82) is 0 Å². The van der Waals surface area contributed by atoms with E-state index < -0.39 is 6.10 Å². The molecule has 65 heavy (non-hydrogen) atoms. The molecular formula is C59H98O6. The minimum atomic E-state index is -0.803. The van der Waals surface area contributed by atoms with Gasteiger partial charge < -0.3 is 14.2 Å². The van der Waals surface area contributed by atoms with Crippen LogP contribution in [0.2, 0.25) is 0 Å². The Morgan fingerprint density at radius 2 is 0.600 bits per heavy atom. The Bertz CT molecular complexity index is 1310. The molecule has 0 radical (unpaired) electrons. The zero-order chi connectivity index (χ0) is 47.2. The van der Waals surface area contributed by atoms with Gasteiger partial charge in [0.15, 0.2) is 6.10 Å². The van der Waals surface area contributed by atoms with Crippen molar-refractivity contribution >= 4 is 17.9 Å². The van der Waals surface area contributed by atoms with E-state index in [1.165, 1.54) is 77.0 Å². The van der Waals surface area contributed by atoms with Gasteiger partial charge >= 0.3 is 17.9 Å². The highest BCUT2D eigenvalue weighted by Gasteiger charge is 2.19. The SMILES string of the molecule is CC/C=C\C/C=C\C/C=C\C/C=C\C/C=C\C/C=C\CCCCC(=O)OCC(COC(=O)CCCCCCC/C=C\CCCCCC)OC(=O)CCCCCCC/C=C\CCCCCC. The van der Waals surface area contributed by atoms with Crippen LogP contribution in [0.3, 0.4) is 0 Å². The van der Waals surface area contributed by atoms with E-state index in [1.807, 2.05) is 0 Å². The molecule has 0 aliphatic heterocycles. The standard InChI is InChI=1S/C59H98O6/c1-4-7-10-13-16-19-22-25-26-27-28-29-30-31-32-35-37-40-43-46-49-52-58(61)64-55-56(65-59(62)53-50-47-44-41-38-34-24-21-18-15-12-9-6-3)54-63-57(60)51-48-45-42-39-36-33-23-20-17-14-11-8-5-2/h7,10,16,19-21,23-26,28-29,31-32,37,40,56H,4-6,8-9,11-15,17-18,22,27,30,33-36,38-39,41-55H2,1-3H3/b10-7-,19-16-,23-20-,24-21-,26-25-,29-28-,32-31-,40-37-. The lowest BCUT2D eigenvalue weighted by atomic mass is 10.1. The minimum absolute atomic E-state index is 0.0998. The van der Waals surface area contributed by atoms with Crippen LogP contribution in [0, 0.1) is 0 Å². The summed E-state index contributed by atoms with van der Waals surface area (Å²) in [5.41, 5.74) is 0. The first kappa shape index (κ1) is 61.3. The summed E-state index contributed by atoms with van der Waals surface area (Å²) in [6, 6.07) is 0. The zero-order valence-corrected chi connectivity index (χ0v) is 42.2. The van der Waals surface area contributed by atoms with E-state index in [9.17, 15) is 14.4 Å². The Balaban J connectivity index is 4.47. The molecule has 6 heteroatoms. The highest BCUT2D eigenvalue weighted by molar-refractivity contribution is 5.71. The third-order valence-corrected chi connectivity index (χ3v) is 11.0. The largest absolute Gasteiger partial charge is 0.462 e. The molecule has 0 aromatic rings. The van der Waals surface area contributed by atoms with E-state index in [1.54, 1.807) is 0 Å². The predicted molar refractivity (Wildman–Crippen MR) is 279 cm³/mol. The molecular weight excluding hydrogens is 805 g/mol. The summed E-state index contributed by atoms with van der Waals surface area (Å²) in [4.78, 5) is 38.0. The van der Waals surface area contributed by atoms with Crippen LogP contribution in [-0.2, 0) is 28.6 Å². The molecule has 0 spiro atoms. The normalized spacial score (nSPS) is 12.8. The molecule has 0 aromatic heterocycles. The number of ether oxygens (including phenoxy) is 3. The number of carbonyl (C=O) groups excluding carboxylic acids is 3. The molecule has 0 bridgehead atoms. The summed E-state index contributed by atoms with van der Waals surface area (Å²) >= 11 is 0. The van der Waals surface area contributed by atoms with Gasteiger partial charge in [0.1, 0.15) is 13.2 Å². The van der Waals surface area contributed by atoms with Crippen molar-refractivity contribution in [3.63, 3.8) is 0 Å². The van der Waals surface area contributed by atoms with Gasteiger partial charge in [-0.1, -0.05) is 195 Å². The maximum absolute atomic E-state index is 12.8. The van der Waals surface area contributed by atoms with Crippen LogP contribution >= 0.6 is 0 Å². The molecule has 0 fully saturated rings. The average molecular weight is 903 g/mol. The van der Waals surface area contributed by atoms with Gasteiger partial charge in [-0.3, -0.25) is 14.4 Å². The third-order valence-electron chi connectivity index (χ3n) is 11.0. The summed E-state index contributed by atoms with van der Waals surface area (Å²) in [5.74, 6) is -0.964. The second kappa shape index (κ2) is 52.9. The van der Waals surface area contributed by atoms with Crippen molar-refractivity contribution in [2.24, 2.45) is 0 Å². The fraction of sp³-hybridized carbons (Fsp3) is 0.678. The van der Waals surface area contributed by atoms with Gasteiger partial charge in [-0.15, -0.1) is 0 Å². The van der Waals surface area contributed by atoms with Gasteiger partial charge in [-0.25, -0.2) is 0 Å². The van der Waals surface area contributed by atoms with Crippen LogP contribution < -0.4 is 0 Å². The number of carbonyl (C=O) groups is 3. The summed E-state index contributed by atoms with van der Waals surface area (Å²) < 4.78 is 16.8. The van der Waals surface area contributed by atoms with Crippen LogP contribution in [0.5, 0.6) is 0 Å². The predicted octanol–water partition coefficient (Wildman–Crippen LogP) is 17.8. The van der Waals surface area contributed by atoms with Crippen LogP contribution in [-0.4, -0.2) is 37.2 Å². The van der Waals surface area contributed by atoms with Crippen molar-refractivity contribution in [2.45, 2.75) is 245 Å². The van der Waals surface area contributed by atoms with Crippen molar-refractivity contribution < 1.29 is 28.6 Å². The zero-order valence-electron chi connectivity index (χ0n) is 42.2. The minimum Gasteiger partial charge on any atom is -0.462 e. The third kappa shape index (κ3) is 51.2. The number of allylic oxidation sites excluding steroid dienone is 16. The van der Waals surface area contributed by atoms with Gasteiger partial charge in [0, 0.05) is 19.3 Å². The van der Waals surface area contributed by atoms with E-state index in [0.717, 1.165) is 122 Å². The second-order valence-corrected chi connectivity index (χ2v) is 17.4. The maximum atomic E-state index is 12.8. The molecule has 0 aliphatic carbocycles. The van der Waals surface area contributed by atoms with Crippen LogP contribution in [0.1, 0.15) is 239 Å². The van der Waals surface area contributed by atoms with E-state index in [4.69, 9.17) is 14.2 Å². The smallest absolute Gasteiger partial charge is 0.306 e. The number of rotatable bonds is 47. The monoisotopic (exact) mass is 903 g/mol. The molecule has 0 rings (SSSR count). The Morgan fingerprint density at radius 3 is 0.985 bits per heavy atom. The lowest BCUT2D eigenvalue weighted by Gasteiger charge is -2.18. The Morgan fingerprint density at radius 1 is 0.323 bits per heavy atom. The molecule has 0 saturated heterocycles. The quantitative estimate of drug-likeness (QED) is 0.0262. The molecule has 370 valence electrons. The number of hydrogen-bond donors (Lipinski definition) is 0. The lowest BCUT2D eigenvalue weighted by molar-refractivity contribution is -0.167. The molecule has 0 aromatic carbocycles. The fourth-order valence-corrected chi connectivity index (χ4v) is 7.02. The molecule has 0 N–H and O–H groups in total. The fourth-order valence-electron chi connectivity index (χ4n) is 7.02. The first-order valence-corrected chi connectivity index (χ1v) is 26.7. The van der Waals surface area contributed by atoms with Crippen molar-refractivity contribution in [1.82, 2.24) is 0 Å². The molecule has 0 saturated carbocycles. The molecule has 0 amide bonds. The van der Waals surface area contributed by atoms with Gasteiger partial charge in [0.05, 0.1) is 0 Å². The summed E-state index contributed by atoms with van der Waals surface area (Å²) in [7, 11) is 0. The van der Waals surface area contributed by atoms with Crippen molar-refractivity contribution in [2.75, 3.05) is 13.2 Å². The summed E-state index contributed by atoms with van der Waals surface area (Å²) in [6.07, 6.45) is 69.6. The van der Waals surface area contributed by atoms with Gasteiger partial charge in [-0.2, -0.15) is 0 Å². The van der Waals surface area contributed by atoms with Crippen molar-refractivity contribution in [3.05, 3.63) is 97.2 Å².